The number of rotatable bonds is 5. The molecule has 0 aromatic heterocycles. The monoisotopic (exact) mass is 282 g/mol. The van der Waals surface area contributed by atoms with Crippen molar-refractivity contribution in [1.29, 1.82) is 0 Å². The summed E-state index contributed by atoms with van der Waals surface area (Å²) in [6.45, 7) is 1.69. The van der Waals surface area contributed by atoms with Gasteiger partial charge in [0, 0.05) is 16.8 Å². The number of carbonyl (C=O) groups is 2. The zero-order valence-electron chi connectivity index (χ0n) is 10.4. The van der Waals surface area contributed by atoms with Gasteiger partial charge in [-0.25, -0.2) is 4.79 Å². The highest BCUT2D eigenvalue weighted by molar-refractivity contribution is 6.31. The van der Waals surface area contributed by atoms with Crippen LogP contribution in [-0.4, -0.2) is 29.1 Å². The van der Waals surface area contributed by atoms with Gasteiger partial charge in [0.15, 0.2) is 0 Å². The maximum Gasteiger partial charge on any atom is 0.337 e. The number of halogens is 1. The Hall–Kier alpha value is -1.75. The summed E-state index contributed by atoms with van der Waals surface area (Å²) < 4.78 is 0. The minimum atomic E-state index is -1.08. The molecule has 1 atom stereocenters. The number of nitrogens with one attached hydrogen (secondary N) is 2. The van der Waals surface area contributed by atoms with Gasteiger partial charge in [-0.2, -0.15) is 0 Å². The Morgan fingerprint density at radius 2 is 2.11 bits per heavy atom. The average molecular weight is 283 g/mol. The molecule has 2 rings (SSSR count). The van der Waals surface area contributed by atoms with Crippen molar-refractivity contribution in [3.05, 3.63) is 28.8 Å². The van der Waals surface area contributed by atoms with Crippen LogP contribution in [0.25, 0.3) is 0 Å². The van der Waals surface area contributed by atoms with Crippen LogP contribution in [0.5, 0.6) is 0 Å². The van der Waals surface area contributed by atoms with E-state index < -0.39 is 12.0 Å². The van der Waals surface area contributed by atoms with Crippen molar-refractivity contribution in [2.24, 2.45) is 0 Å². The van der Waals surface area contributed by atoms with Crippen molar-refractivity contribution in [2.75, 3.05) is 5.32 Å². The molecule has 1 aliphatic carbocycles. The molecule has 1 unspecified atom stereocenters. The molecule has 19 heavy (non-hydrogen) atoms. The topological polar surface area (TPSA) is 78.4 Å². The molecule has 1 amide bonds. The summed E-state index contributed by atoms with van der Waals surface area (Å²) in [5, 5.41) is 15.2. The average Bonchev–Trinajstić information content (AvgIpc) is 3.14. The number of carboxylic acid groups (broad SMARTS) is 1. The number of hydrogen-bond donors (Lipinski definition) is 3. The third-order valence-electron chi connectivity index (χ3n) is 2.90. The first kappa shape index (κ1) is 13.7. The first-order valence-corrected chi connectivity index (χ1v) is 6.45. The highest BCUT2D eigenvalue weighted by Crippen LogP contribution is 2.22. The number of hydrogen-bond acceptors (Lipinski definition) is 3. The van der Waals surface area contributed by atoms with Gasteiger partial charge in [-0.3, -0.25) is 4.79 Å². The first-order chi connectivity index (χ1) is 8.97. The van der Waals surface area contributed by atoms with Crippen LogP contribution in [0.15, 0.2) is 18.2 Å². The predicted molar refractivity (Wildman–Crippen MR) is 72.7 cm³/mol. The number of carboxylic acids is 1. The van der Waals surface area contributed by atoms with Gasteiger partial charge < -0.3 is 15.7 Å². The molecule has 0 saturated heterocycles. The van der Waals surface area contributed by atoms with Crippen molar-refractivity contribution in [1.82, 2.24) is 5.32 Å². The summed E-state index contributed by atoms with van der Waals surface area (Å²) in [6, 6.07) is 4.28. The van der Waals surface area contributed by atoms with E-state index in [-0.39, 0.29) is 17.5 Å². The van der Waals surface area contributed by atoms with Crippen molar-refractivity contribution in [2.45, 2.75) is 31.8 Å². The SMILES string of the molecule is CC(Nc1ccc(Cl)cc1C(=O)O)C(=O)NC1CC1. The lowest BCUT2D eigenvalue weighted by atomic mass is 10.1. The fraction of sp³-hybridized carbons (Fsp3) is 0.385. The van der Waals surface area contributed by atoms with Crippen LogP contribution in [-0.2, 0) is 4.79 Å². The van der Waals surface area contributed by atoms with Crippen LogP contribution < -0.4 is 10.6 Å². The zero-order chi connectivity index (χ0) is 14.0. The lowest BCUT2D eigenvalue weighted by Crippen LogP contribution is -2.38. The third kappa shape index (κ3) is 3.61. The van der Waals surface area contributed by atoms with E-state index in [1.54, 1.807) is 19.1 Å². The van der Waals surface area contributed by atoms with Crippen molar-refractivity contribution >= 4 is 29.2 Å². The number of aromatic carboxylic acids is 1. The molecule has 1 aliphatic rings. The van der Waals surface area contributed by atoms with Gasteiger partial charge in [0.2, 0.25) is 5.91 Å². The molecule has 0 radical (unpaired) electrons. The Morgan fingerprint density at radius 3 is 2.68 bits per heavy atom. The van der Waals surface area contributed by atoms with E-state index in [1.165, 1.54) is 6.07 Å². The molecule has 102 valence electrons. The smallest absolute Gasteiger partial charge is 0.337 e. The summed E-state index contributed by atoms with van der Waals surface area (Å²) in [4.78, 5) is 22.9. The van der Waals surface area contributed by atoms with E-state index in [1.807, 2.05) is 0 Å². The fourth-order valence-corrected chi connectivity index (χ4v) is 1.84. The summed E-state index contributed by atoms with van der Waals surface area (Å²) >= 11 is 5.77. The third-order valence-corrected chi connectivity index (χ3v) is 3.14. The van der Waals surface area contributed by atoms with E-state index in [0.29, 0.717) is 10.7 Å². The van der Waals surface area contributed by atoms with Crippen LogP contribution in [0.4, 0.5) is 5.69 Å². The Morgan fingerprint density at radius 1 is 1.42 bits per heavy atom. The fourth-order valence-electron chi connectivity index (χ4n) is 1.67. The molecule has 0 bridgehead atoms. The Labute approximate surface area is 116 Å². The molecule has 5 nitrogen and oxygen atoms in total. The predicted octanol–water partition coefficient (Wildman–Crippen LogP) is 2.12. The lowest BCUT2D eigenvalue weighted by Gasteiger charge is -2.16. The van der Waals surface area contributed by atoms with E-state index in [2.05, 4.69) is 10.6 Å². The second-order valence-corrected chi connectivity index (χ2v) is 5.08. The minimum Gasteiger partial charge on any atom is -0.478 e. The molecule has 0 aliphatic heterocycles. The molecule has 1 aromatic carbocycles. The summed E-state index contributed by atoms with van der Waals surface area (Å²) in [5.74, 6) is -1.21. The van der Waals surface area contributed by atoms with Crippen LogP contribution in [0.3, 0.4) is 0 Å². The first-order valence-electron chi connectivity index (χ1n) is 6.07. The van der Waals surface area contributed by atoms with E-state index in [9.17, 15) is 9.59 Å². The van der Waals surface area contributed by atoms with Gasteiger partial charge in [0.05, 0.1) is 5.56 Å². The van der Waals surface area contributed by atoms with Gasteiger partial charge in [-0.05, 0) is 38.0 Å². The molecule has 0 heterocycles. The van der Waals surface area contributed by atoms with Gasteiger partial charge in [-0.15, -0.1) is 0 Å². The number of benzene rings is 1. The lowest BCUT2D eigenvalue weighted by molar-refractivity contribution is -0.121. The maximum absolute atomic E-state index is 11.8. The van der Waals surface area contributed by atoms with E-state index >= 15 is 0 Å². The molecule has 1 saturated carbocycles. The molecular weight excluding hydrogens is 268 g/mol. The molecule has 1 aromatic rings. The summed E-state index contributed by atoms with van der Waals surface area (Å²) in [5.41, 5.74) is 0.439. The molecule has 1 fully saturated rings. The van der Waals surface area contributed by atoms with Crippen LogP contribution in [0, 0.1) is 0 Å². The second kappa shape index (κ2) is 5.48. The minimum absolute atomic E-state index is 0.0542. The molecule has 3 N–H and O–H groups in total. The van der Waals surface area contributed by atoms with Gasteiger partial charge in [-0.1, -0.05) is 11.6 Å². The van der Waals surface area contributed by atoms with Crippen LogP contribution in [0.2, 0.25) is 5.02 Å². The summed E-state index contributed by atoms with van der Waals surface area (Å²) in [7, 11) is 0. The number of carbonyl (C=O) groups excluding carboxylic acids is 1. The van der Waals surface area contributed by atoms with Crippen LogP contribution >= 0.6 is 11.6 Å². The summed E-state index contributed by atoms with van der Waals surface area (Å²) in [6.07, 6.45) is 2.03. The Bertz CT molecular complexity index is 515. The second-order valence-electron chi connectivity index (χ2n) is 4.64. The Balaban J connectivity index is 2.08. The van der Waals surface area contributed by atoms with Crippen molar-refractivity contribution in [3.8, 4) is 0 Å². The molecule has 0 spiro atoms. The standard InChI is InChI=1S/C13H15ClN2O3/c1-7(12(17)16-9-3-4-9)15-11-5-2-8(14)6-10(11)13(18)19/h2,5-7,9,15H,3-4H2,1H3,(H,16,17)(H,18,19). The van der Waals surface area contributed by atoms with Gasteiger partial charge in [0.1, 0.15) is 6.04 Å². The normalized spacial score (nSPS) is 15.7. The number of anilines is 1. The van der Waals surface area contributed by atoms with E-state index in [0.717, 1.165) is 12.8 Å². The van der Waals surface area contributed by atoms with Crippen molar-refractivity contribution in [3.63, 3.8) is 0 Å². The number of amides is 1. The van der Waals surface area contributed by atoms with Gasteiger partial charge in [0.25, 0.3) is 0 Å². The molecular formula is C13H15ClN2O3. The van der Waals surface area contributed by atoms with E-state index in [4.69, 9.17) is 16.7 Å². The highest BCUT2D eigenvalue weighted by atomic mass is 35.5. The maximum atomic E-state index is 11.8. The Kier molecular flexibility index (Phi) is 3.95. The highest BCUT2D eigenvalue weighted by Gasteiger charge is 2.26. The molecule has 6 heteroatoms. The van der Waals surface area contributed by atoms with Crippen molar-refractivity contribution < 1.29 is 14.7 Å². The quantitative estimate of drug-likeness (QED) is 0.773. The zero-order valence-corrected chi connectivity index (χ0v) is 11.2. The van der Waals surface area contributed by atoms with Gasteiger partial charge >= 0.3 is 5.97 Å². The largest absolute Gasteiger partial charge is 0.478 e. The van der Waals surface area contributed by atoms with Crippen LogP contribution in [0.1, 0.15) is 30.1 Å².